The monoisotopic (exact) mass is 123 g/mol. The maximum Gasteiger partial charge on any atom is 0.129 e. The first-order valence-corrected chi connectivity index (χ1v) is 2.80. The largest absolute Gasteiger partial charge is 0.373 e. The Hall–Kier alpha value is -1.12. The van der Waals surface area contributed by atoms with Crippen LogP contribution in [0.2, 0.25) is 0 Å². The summed E-state index contributed by atoms with van der Waals surface area (Å²) in [5, 5.41) is 2.92. The van der Waals surface area contributed by atoms with Crippen LogP contribution in [0.3, 0.4) is 0 Å². The van der Waals surface area contributed by atoms with Gasteiger partial charge in [0.05, 0.1) is 0 Å². The van der Waals surface area contributed by atoms with Gasteiger partial charge < -0.3 is 5.32 Å². The summed E-state index contributed by atoms with van der Waals surface area (Å²) in [4.78, 5) is 8.01. The van der Waals surface area contributed by atoms with Gasteiger partial charge in [0.1, 0.15) is 11.6 Å². The summed E-state index contributed by atoms with van der Waals surface area (Å²) in [7, 11) is 1.84. The van der Waals surface area contributed by atoms with E-state index in [9.17, 15) is 0 Å². The molecule has 3 heteroatoms. The lowest BCUT2D eigenvalue weighted by atomic mass is 10.5. The van der Waals surface area contributed by atoms with Crippen molar-refractivity contribution in [3.8, 4) is 0 Å². The summed E-state index contributed by atoms with van der Waals surface area (Å²) in [6.07, 6.45) is 1.73. The molecule has 0 spiro atoms. The predicted molar refractivity (Wildman–Crippen MR) is 36.3 cm³/mol. The maximum absolute atomic E-state index is 4.07. The van der Waals surface area contributed by atoms with Crippen LogP contribution < -0.4 is 5.32 Å². The molecule has 0 atom stereocenters. The van der Waals surface area contributed by atoms with E-state index in [4.69, 9.17) is 0 Å². The Morgan fingerprint density at radius 2 is 2.33 bits per heavy atom. The van der Waals surface area contributed by atoms with Crippen molar-refractivity contribution in [2.45, 2.75) is 6.92 Å². The number of aryl methyl sites for hydroxylation is 1. The van der Waals surface area contributed by atoms with Gasteiger partial charge in [-0.3, -0.25) is 0 Å². The number of nitrogens with one attached hydrogen (secondary N) is 1. The van der Waals surface area contributed by atoms with Crippen molar-refractivity contribution in [1.82, 2.24) is 9.97 Å². The molecule has 0 aliphatic rings. The lowest BCUT2D eigenvalue weighted by Gasteiger charge is -1.96. The van der Waals surface area contributed by atoms with E-state index < -0.39 is 0 Å². The van der Waals surface area contributed by atoms with Gasteiger partial charge in [0.2, 0.25) is 0 Å². The smallest absolute Gasteiger partial charge is 0.129 e. The Labute approximate surface area is 54.2 Å². The van der Waals surface area contributed by atoms with Crippen LogP contribution >= 0.6 is 0 Å². The number of rotatable bonds is 1. The average Bonchev–Trinajstić information content (AvgIpc) is 1.88. The molecular formula is C6H9N3. The number of anilines is 1. The van der Waals surface area contributed by atoms with Gasteiger partial charge in [-0.25, -0.2) is 9.97 Å². The van der Waals surface area contributed by atoms with Crippen molar-refractivity contribution in [2.75, 3.05) is 12.4 Å². The molecule has 3 nitrogen and oxygen atoms in total. The highest BCUT2D eigenvalue weighted by Gasteiger charge is 1.87. The summed E-state index contributed by atoms with van der Waals surface area (Å²) in [5.74, 6) is 1.66. The van der Waals surface area contributed by atoms with Gasteiger partial charge in [-0.2, -0.15) is 0 Å². The Balaban J connectivity index is 2.94. The number of hydrogen-bond acceptors (Lipinski definition) is 3. The van der Waals surface area contributed by atoms with Crippen LogP contribution in [0.5, 0.6) is 0 Å². The van der Waals surface area contributed by atoms with Crippen LogP contribution in [0.4, 0.5) is 5.82 Å². The Kier molecular flexibility index (Phi) is 1.63. The zero-order valence-corrected chi connectivity index (χ0v) is 5.55. The van der Waals surface area contributed by atoms with Crippen molar-refractivity contribution in [1.29, 1.82) is 0 Å². The molecule has 0 aliphatic heterocycles. The quantitative estimate of drug-likeness (QED) is 0.601. The molecule has 0 radical (unpaired) electrons. The van der Waals surface area contributed by atoms with Crippen molar-refractivity contribution in [2.24, 2.45) is 0 Å². The molecule has 0 fully saturated rings. The second kappa shape index (κ2) is 2.44. The summed E-state index contributed by atoms with van der Waals surface area (Å²) >= 11 is 0. The minimum Gasteiger partial charge on any atom is -0.373 e. The van der Waals surface area contributed by atoms with Crippen molar-refractivity contribution in [3.63, 3.8) is 0 Å². The normalized spacial score (nSPS) is 9.11. The fourth-order valence-electron chi connectivity index (χ4n) is 0.595. The molecular weight excluding hydrogens is 114 g/mol. The van der Waals surface area contributed by atoms with E-state index in [1.807, 2.05) is 20.0 Å². The van der Waals surface area contributed by atoms with Gasteiger partial charge in [-0.05, 0) is 13.0 Å². The first-order chi connectivity index (χ1) is 4.33. The fourth-order valence-corrected chi connectivity index (χ4v) is 0.595. The second-order valence-corrected chi connectivity index (χ2v) is 1.74. The van der Waals surface area contributed by atoms with E-state index in [0.717, 1.165) is 11.6 Å². The molecule has 0 saturated heterocycles. The molecule has 1 aromatic rings. The van der Waals surface area contributed by atoms with E-state index in [2.05, 4.69) is 15.3 Å². The van der Waals surface area contributed by atoms with Crippen molar-refractivity contribution < 1.29 is 0 Å². The first-order valence-electron chi connectivity index (χ1n) is 2.80. The standard InChI is InChI=1S/C6H9N3/c1-5-8-4-3-6(7-2)9-5/h3-4H,1-2H3,(H,7,8,9). The van der Waals surface area contributed by atoms with Crippen LogP contribution in [0.25, 0.3) is 0 Å². The van der Waals surface area contributed by atoms with Crippen LogP contribution in [-0.2, 0) is 0 Å². The van der Waals surface area contributed by atoms with Crippen LogP contribution in [0.1, 0.15) is 5.82 Å². The number of aromatic nitrogens is 2. The molecule has 0 amide bonds. The molecule has 0 bridgehead atoms. The molecule has 1 N–H and O–H groups in total. The zero-order valence-electron chi connectivity index (χ0n) is 5.55. The van der Waals surface area contributed by atoms with Gasteiger partial charge in [-0.1, -0.05) is 0 Å². The van der Waals surface area contributed by atoms with Gasteiger partial charge in [0, 0.05) is 13.2 Å². The number of hydrogen-bond donors (Lipinski definition) is 1. The highest BCUT2D eigenvalue weighted by atomic mass is 15.0. The van der Waals surface area contributed by atoms with Gasteiger partial charge in [0.25, 0.3) is 0 Å². The van der Waals surface area contributed by atoms with Crippen molar-refractivity contribution >= 4 is 5.82 Å². The molecule has 48 valence electrons. The summed E-state index contributed by atoms with van der Waals surface area (Å²) in [5.41, 5.74) is 0. The lowest BCUT2D eigenvalue weighted by Crippen LogP contribution is -1.94. The highest BCUT2D eigenvalue weighted by Crippen LogP contribution is 1.97. The predicted octanol–water partition coefficient (Wildman–Crippen LogP) is 0.827. The summed E-state index contributed by atoms with van der Waals surface area (Å²) in [6, 6.07) is 1.83. The summed E-state index contributed by atoms with van der Waals surface area (Å²) in [6.45, 7) is 1.86. The SMILES string of the molecule is CNc1ccnc(C)n1. The molecule has 0 aromatic carbocycles. The van der Waals surface area contributed by atoms with Crippen LogP contribution in [0.15, 0.2) is 12.3 Å². The van der Waals surface area contributed by atoms with E-state index >= 15 is 0 Å². The Morgan fingerprint density at radius 1 is 1.56 bits per heavy atom. The van der Waals surface area contributed by atoms with E-state index in [0.29, 0.717) is 0 Å². The minimum absolute atomic E-state index is 0.793. The molecule has 0 aliphatic carbocycles. The highest BCUT2D eigenvalue weighted by molar-refractivity contribution is 5.31. The van der Waals surface area contributed by atoms with Crippen LogP contribution in [0, 0.1) is 6.92 Å². The third-order valence-corrected chi connectivity index (χ3v) is 1.03. The van der Waals surface area contributed by atoms with Gasteiger partial charge >= 0.3 is 0 Å². The van der Waals surface area contributed by atoms with Crippen molar-refractivity contribution in [3.05, 3.63) is 18.1 Å². The molecule has 0 saturated carbocycles. The zero-order chi connectivity index (χ0) is 6.69. The van der Waals surface area contributed by atoms with Gasteiger partial charge in [-0.15, -0.1) is 0 Å². The van der Waals surface area contributed by atoms with Crippen LogP contribution in [-0.4, -0.2) is 17.0 Å². The topological polar surface area (TPSA) is 37.8 Å². The molecule has 1 aromatic heterocycles. The lowest BCUT2D eigenvalue weighted by molar-refractivity contribution is 1.05. The maximum atomic E-state index is 4.07. The van der Waals surface area contributed by atoms with E-state index in [1.165, 1.54) is 0 Å². The molecule has 0 unspecified atom stereocenters. The fraction of sp³-hybridized carbons (Fsp3) is 0.333. The summed E-state index contributed by atoms with van der Waals surface area (Å²) < 4.78 is 0. The Bertz CT molecular complexity index is 197. The van der Waals surface area contributed by atoms with Gasteiger partial charge in [0.15, 0.2) is 0 Å². The van der Waals surface area contributed by atoms with E-state index in [1.54, 1.807) is 6.20 Å². The molecule has 1 rings (SSSR count). The average molecular weight is 123 g/mol. The Morgan fingerprint density at radius 3 is 2.78 bits per heavy atom. The number of nitrogens with zero attached hydrogens (tertiary/aromatic N) is 2. The first kappa shape index (κ1) is 6.01. The third-order valence-electron chi connectivity index (χ3n) is 1.03. The molecule has 9 heavy (non-hydrogen) atoms. The second-order valence-electron chi connectivity index (χ2n) is 1.74. The minimum atomic E-state index is 0.793. The van der Waals surface area contributed by atoms with E-state index in [-0.39, 0.29) is 0 Å². The molecule has 1 heterocycles. The third kappa shape index (κ3) is 1.38.